The van der Waals surface area contributed by atoms with Gasteiger partial charge in [0.25, 0.3) is 0 Å². The van der Waals surface area contributed by atoms with Gasteiger partial charge in [-0.25, -0.2) is 0 Å². The van der Waals surface area contributed by atoms with E-state index in [0.717, 1.165) is 39.0 Å². The average Bonchev–Trinajstić information content (AvgIpc) is 2.94. The van der Waals surface area contributed by atoms with Gasteiger partial charge in [-0.2, -0.15) is 0 Å². The molecule has 1 aliphatic rings. The van der Waals surface area contributed by atoms with Crippen molar-refractivity contribution < 1.29 is 5.11 Å². The van der Waals surface area contributed by atoms with E-state index in [1.807, 2.05) is 10.9 Å². The third-order valence-electron chi connectivity index (χ3n) is 4.46. The molecule has 1 aromatic heterocycles. The van der Waals surface area contributed by atoms with Crippen molar-refractivity contribution in [3.8, 4) is 0 Å². The van der Waals surface area contributed by atoms with Crippen LogP contribution in [0.1, 0.15) is 39.5 Å². The summed E-state index contributed by atoms with van der Waals surface area (Å²) < 4.78 is 1.93. The summed E-state index contributed by atoms with van der Waals surface area (Å²) in [6, 6.07) is 0. The predicted octanol–water partition coefficient (Wildman–Crippen LogP) is 1.54. The highest BCUT2D eigenvalue weighted by atomic mass is 16.3. The van der Waals surface area contributed by atoms with Crippen LogP contribution in [0.15, 0.2) is 12.4 Å². The maximum atomic E-state index is 10.4. The van der Waals surface area contributed by atoms with Crippen LogP contribution in [0.3, 0.4) is 0 Å². The van der Waals surface area contributed by atoms with Crippen LogP contribution in [0.4, 0.5) is 0 Å². The standard InChI is InChI=1S/C14H26N4O/c1-3-14(19,4-2)12-17-8-5-13(6-9-17)11-18-10-7-15-16-18/h7,10,13,19H,3-6,8-9,11-12H2,1-2H3. The summed E-state index contributed by atoms with van der Waals surface area (Å²) >= 11 is 0. The van der Waals surface area contributed by atoms with Gasteiger partial charge in [0, 0.05) is 19.3 Å². The Labute approximate surface area is 115 Å². The quantitative estimate of drug-likeness (QED) is 0.848. The molecule has 0 unspecified atom stereocenters. The molecule has 0 atom stereocenters. The summed E-state index contributed by atoms with van der Waals surface area (Å²) in [5, 5.41) is 18.3. The van der Waals surface area contributed by atoms with E-state index in [4.69, 9.17) is 0 Å². The molecule has 1 N–H and O–H groups in total. The zero-order valence-corrected chi connectivity index (χ0v) is 12.1. The Morgan fingerprint density at radius 2 is 1.95 bits per heavy atom. The maximum absolute atomic E-state index is 10.4. The molecule has 1 fully saturated rings. The first-order valence-corrected chi connectivity index (χ1v) is 7.44. The van der Waals surface area contributed by atoms with Crippen LogP contribution >= 0.6 is 0 Å². The van der Waals surface area contributed by atoms with E-state index in [9.17, 15) is 5.11 Å². The molecule has 1 aromatic rings. The van der Waals surface area contributed by atoms with Crippen molar-refractivity contribution in [2.45, 2.75) is 51.7 Å². The molecule has 108 valence electrons. The molecule has 5 nitrogen and oxygen atoms in total. The molecule has 0 aliphatic carbocycles. The molecule has 0 spiro atoms. The number of nitrogens with zero attached hydrogens (tertiary/aromatic N) is 4. The van der Waals surface area contributed by atoms with Gasteiger partial charge < -0.3 is 10.0 Å². The highest BCUT2D eigenvalue weighted by Gasteiger charge is 2.28. The van der Waals surface area contributed by atoms with Crippen molar-refractivity contribution in [3.05, 3.63) is 12.4 Å². The second-order valence-electron chi connectivity index (χ2n) is 5.78. The summed E-state index contributed by atoms with van der Waals surface area (Å²) in [6.45, 7) is 8.10. The summed E-state index contributed by atoms with van der Waals surface area (Å²) in [6.07, 6.45) is 7.70. The smallest absolute Gasteiger partial charge is 0.0768 e. The summed E-state index contributed by atoms with van der Waals surface area (Å²) in [4.78, 5) is 2.41. The van der Waals surface area contributed by atoms with E-state index in [2.05, 4.69) is 29.1 Å². The summed E-state index contributed by atoms with van der Waals surface area (Å²) in [5.41, 5.74) is -0.501. The fourth-order valence-electron chi connectivity index (χ4n) is 2.81. The van der Waals surface area contributed by atoms with E-state index >= 15 is 0 Å². The van der Waals surface area contributed by atoms with Gasteiger partial charge in [0.15, 0.2) is 0 Å². The Bertz CT molecular complexity index is 354. The van der Waals surface area contributed by atoms with Crippen LogP contribution < -0.4 is 0 Å². The first kappa shape index (κ1) is 14.5. The first-order chi connectivity index (χ1) is 9.15. The monoisotopic (exact) mass is 266 g/mol. The second kappa shape index (κ2) is 6.48. The number of β-amino-alcohol motifs (C(OH)–C–C–N with tert-alkyl or cyclic N) is 1. The Kier molecular flexibility index (Phi) is 4.93. The van der Waals surface area contributed by atoms with Crippen molar-refractivity contribution >= 4 is 0 Å². The molecular formula is C14H26N4O. The molecule has 0 radical (unpaired) electrons. The number of hydrogen-bond donors (Lipinski definition) is 1. The van der Waals surface area contributed by atoms with Gasteiger partial charge in [-0.05, 0) is 44.7 Å². The van der Waals surface area contributed by atoms with E-state index in [-0.39, 0.29) is 0 Å². The fourth-order valence-corrected chi connectivity index (χ4v) is 2.81. The SMILES string of the molecule is CCC(O)(CC)CN1CCC(Cn2ccnn2)CC1. The lowest BCUT2D eigenvalue weighted by Crippen LogP contribution is -2.45. The summed E-state index contributed by atoms with van der Waals surface area (Å²) in [7, 11) is 0. The van der Waals surface area contributed by atoms with Gasteiger partial charge in [0.1, 0.15) is 0 Å². The van der Waals surface area contributed by atoms with Crippen LogP contribution in [-0.2, 0) is 6.54 Å². The van der Waals surface area contributed by atoms with Crippen LogP contribution in [0.2, 0.25) is 0 Å². The lowest BCUT2D eigenvalue weighted by atomic mass is 9.92. The second-order valence-corrected chi connectivity index (χ2v) is 5.78. The predicted molar refractivity (Wildman–Crippen MR) is 74.7 cm³/mol. The van der Waals surface area contributed by atoms with Crippen molar-refractivity contribution in [2.24, 2.45) is 5.92 Å². The van der Waals surface area contributed by atoms with Crippen LogP contribution in [0.25, 0.3) is 0 Å². The number of piperidine rings is 1. The van der Waals surface area contributed by atoms with Gasteiger partial charge in [0.05, 0.1) is 11.8 Å². The fraction of sp³-hybridized carbons (Fsp3) is 0.857. The Morgan fingerprint density at radius 3 is 2.47 bits per heavy atom. The topological polar surface area (TPSA) is 54.2 Å². The van der Waals surface area contributed by atoms with Gasteiger partial charge in [-0.3, -0.25) is 4.68 Å². The van der Waals surface area contributed by atoms with Crippen LogP contribution in [-0.4, -0.2) is 50.2 Å². The highest BCUT2D eigenvalue weighted by Crippen LogP contribution is 2.23. The summed E-state index contributed by atoms with van der Waals surface area (Å²) in [5.74, 6) is 0.689. The first-order valence-electron chi connectivity index (χ1n) is 7.44. The molecule has 0 amide bonds. The van der Waals surface area contributed by atoms with E-state index in [1.165, 1.54) is 12.8 Å². The minimum Gasteiger partial charge on any atom is -0.389 e. The van der Waals surface area contributed by atoms with Crippen molar-refractivity contribution in [2.75, 3.05) is 19.6 Å². The Morgan fingerprint density at radius 1 is 1.26 bits per heavy atom. The van der Waals surface area contributed by atoms with E-state index < -0.39 is 5.60 Å². The zero-order chi connectivity index (χ0) is 13.7. The third-order valence-corrected chi connectivity index (χ3v) is 4.46. The largest absolute Gasteiger partial charge is 0.389 e. The maximum Gasteiger partial charge on any atom is 0.0768 e. The molecular weight excluding hydrogens is 240 g/mol. The molecule has 2 heterocycles. The average molecular weight is 266 g/mol. The molecule has 0 aromatic carbocycles. The highest BCUT2D eigenvalue weighted by molar-refractivity contribution is 4.82. The van der Waals surface area contributed by atoms with Crippen molar-refractivity contribution in [3.63, 3.8) is 0 Å². The minimum atomic E-state index is -0.501. The van der Waals surface area contributed by atoms with Gasteiger partial charge in [-0.1, -0.05) is 19.1 Å². The number of likely N-dealkylation sites (tertiary alicyclic amines) is 1. The zero-order valence-electron chi connectivity index (χ0n) is 12.1. The van der Waals surface area contributed by atoms with Crippen LogP contribution in [0.5, 0.6) is 0 Å². The molecule has 1 saturated heterocycles. The molecule has 19 heavy (non-hydrogen) atoms. The number of aromatic nitrogens is 3. The molecule has 2 rings (SSSR count). The number of aliphatic hydroxyl groups is 1. The number of rotatable bonds is 6. The molecule has 0 bridgehead atoms. The van der Waals surface area contributed by atoms with Crippen LogP contribution in [0, 0.1) is 5.92 Å². The van der Waals surface area contributed by atoms with Gasteiger partial charge in [0.2, 0.25) is 0 Å². The minimum absolute atomic E-state index is 0.501. The third kappa shape index (κ3) is 4.01. The number of hydrogen-bond acceptors (Lipinski definition) is 4. The van der Waals surface area contributed by atoms with Gasteiger partial charge in [-0.15, -0.1) is 5.10 Å². The normalized spacial score (nSPS) is 18.9. The Balaban J connectivity index is 1.76. The van der Waals surface area contributed by atoms with E-state index in [1.54, 1.807) is 6.20 Å². The van der Waals surface area contributed by atoms with Crippen molar-refractivity contribution in [1.82, 2.24) is 19.9 Å². The lowest BCUT2D eigenvalue weighted by Gasteiger charge is -2.37. The van der Waals surface area contributed by atoms with Crippen molar-refractivity contribution in [1.29, 1.82) is 0 Å². The molecule has 0 saturated carbocycles. The van der Waals surface area contributed by atoms with E-state index in [0.29, 0.717) is 5.92 Å². The van der Waals surface area contributed by atoms with Gasteiger partial charge >= 0.3 is 0 Å². The molecule has 1 aliphatic heterocycles. The molecule has 5 heteroatoms. The Hall–Kier alpha value is -0.940. The lowest BCUT2D eigenvalue weighted by molar-refractivity contribution is -0.0123.